The number of hydrogen-bond donors (Lipinski definition) is 3. The molecule has 3 aromatic rings. The molecule has 126 valence electrons. The molecule has 2 aromatic heterocycles. The molecule has 0 unspecified atom stereocenters. The number of anilines is 2. The summed E-state index contributed by atoms with van der Waals surface area (Å²) in [5.41, 5.74) is 7.95. The van der Waals surface area contributed by atoms with Gasteiger partial charge in [-0.15, -0.1) is 0 Å². The molecule has 1 aliphatic rings. The normalized spacial score (nSPS) is 18.1. The van der Waals surface area contributed by atoms with Gasteiger partial charge in [-0.25, -0.2) is 4.98 Å². The van der Waals surface area contributed by atoms with Gasteiger partial charge in [0, 0.05) is 36.1 Å². The van der Waals surface area contributed by atoms with E-state index in [1.54, 1.807) is 6.07 Å². The van der Waals surface area contributed by atoms with Crippen LogP contribution in [0.1, 0.15) is 6.42 Å². The predicted molar refractivity (Wildman–Crippen MR) is 94.4 cm³/mol. The second kappa shape index (κ2) is 6.08. The summed E-state index contributed by atoms with van der Waals surface area (Å²) >= 11 is 6.09. The summed E-state index contributed by atoms with van der Waals surface area (Å²) in [6.07, 6.45) is 0.970. The molecule has 4 N–H and O–H groups in total. The number of rotatable bonds is 4. The van der Waals surface area contributed by atoms with Crippen LogP contribution < -0.4 is 16.0 Å². The first-order valence-electron chi connectivity index (χ1n) is 7.90. The first-order chi connectivity index (χ1) is 11.7. The minimum Gasteiger partial charge on any atom is -0.450 e. The van der Waals surface area contributed by atoms with Gasteiger partial charge in [0.15, 0.2) is 11.4 Å². The molecule has 1 aromatic carbocycles. The largest absolute Gasteiger partial charge is 0.450 e. The fourth-order valence-electron chi connectivity index (χ4n) is 3.22. The van der Waals surface area contributed by atoms with Crippen LogP contribution in [0.15, 0.2) is 22.6 Å². The lowest BCUT2D eigenvalue weighted by Gasteiger charge is -2.18. The molecular weight excluding hydrogens is 330 g/mol. The molecule has 1 fully saturated rings. The van der Waals surface area contributed by atoms with Crippen LogP contribution in [0.3, 0.4) is 0 Å². The van der Waals surface area contributed by atoms with E-state index in [1.807, 2.05) is 12.1 Å². The van der Waals surface area contributed by atoms with Crippen molar-refractivity contribution in [3.63, 3.8) is 0 Å². The van der Waals surface area contributed by atoms with Gasteiger partial charge in [0.05, 0.1) is 6.61 Å². The Morgan fingerprint density at radius 3 is 3.12 bits per heavy atom. The maximum Gasteiger partial charge on any atom is 0.222 e. The number of nitrogens with two attached hydrogens (primary N) is 1. The second-order valence-electron chi connectivity index (χ2n) is 5.94. The summed E-state index contributed by atoms with van der Waals surface area (Å²) in [7, 11) is 0. The highest BCUT2D eigenvalue weighted by atomic mass is 35.5. The Bertz CT molecular complexity index is 897. The predicted octanol–water partition coefficient (Wildman–Crippen LogP) is 1.77. The number of benzene rings is 1. The van der Waals surface area contributed by atoms with Crippen molar-refractivity contribution >= 4 is 45.4 Å². The van der Waals surface area contributed by atoms with Gasteiger partial charge in [0.25, 0.3) is 0 Å². The van der Waals surface area contributed by atoms with E-state index in [0.29, 0.717) is 40.1 Å². The number of nitrogens with zero attached hydrogens (tertiary/aromatic N) is 3. The zero-order chi connectivity index (χ0) is 16.7. The Morgan fingerprint density at radius 1 is 1.42 bits per heavy atom. The third kappa shape index (κ3) is 2.64. The third-order valence-corrected chi connectivity index (χ3v) is 4.54. The van der Waals surface area contributed by atoms with E-state index in [4.69, 9.17) is 26.9 Å². The highest BCUT2D eigenvalue weighted by Gasteiger charge is 2.27. The molecule has 24 heavy (non-hydrogen) atoms. The molecule has 1 atom stereocenters. The van der Waals surface area contributed by atoms with Crippen LogP contribution in [0.4, 0.5) is 11.8 Å². The molecule has 1 saturated heterocycles. The van der Waals surface area contributed by atoms with E-state index in [-0.39, 0.29) is 12.6 Å². The molecular formula is C16H18ClN5O2. The summed E-state index contributed by atoms with van der Waals surface area (Å²) in [6, 6.07) is 5.75. The van der Waals surface area contributed by atoms with Crippen LogP contribution in [0.2, 0.25) is 5.02 Å². The first-order valence-corrected chi connectivity index (χ1v) is 8.28. The second-order valence-corrected chi connectivity index (χ2v) is 6.37. The molecule has 0 saturated carbocycles. The lowest BCUT2D eigenvalue weighted by atomic mass is 10.2. The SMILES string of the molecule is Nc1nc(N2CC[C@@H](NCCO)C2)c2oc3ccc(Cl)cc3c2n1. The fourth-order valence-corrected chi connectivity index (χ4v) is 3.39. The zero-order valence-electron chi connectivity index (χ0n) is 13.0. The minimum atomic E-state index is 0.130. The van der Waals surface area contributed by atoms with Crippen molar-refractivity contribution in [3.05, 3.63) is 23.2 Å². The summed E-state index contributed by atoms with van der Waals surface area (Å²) in [5.74, 6) is 0.921. The van der Waals surface area contributed by atoms with Crippen LogP contribution in [0, 0.1) is 0 Å². The van der Waals surface area contributed by atoms with E-state index in [1.165, 1.54) is 0 Å². The molecule has 0 amide bonds. The van der Waals surface area contributed by atoms with Crippen molar-refractivity contribution in [2.75, 3.05) is 36.9 Å². The lowest BCUT2D eigenvalue weighted by molar-refractivity contribution is 0.286. The zero-order valence-corrected chi connectivity index (χ0v) is 13.8. The Labute approximate surface area is 143 Å². The van der Waals surface area contributed by atoms with E-state index in [9.17, 15) is 0 Å². The van der Waals surface area contributed by atoms with Gasteiger partial charge in [-0.1, -0.05) is 11.6 Å². The number of furan rings is 1. The van der Waals surface area contributed by atoms with E-state index >= 15 is 0 Å². The number of aliphatic hydroxyl groups excluding tert-OH is 1. The van der Waals surface area contributed by atoms with Crippen molar-refractivity contribution in [2.24, 2.45) is 0 Å². The van der Waals surface area contributed by atoms with Gasteiger partial charge in [0.1, 0.15) is 11.1 Å². The highest BCUT2D eigenvalue weighted by Crippen LogP contribution is 2.35. The van der Waals surface area contributed by atoms with Crippen molar-refractivity contribution in [3.8, 4) is 0 Å². The summed E-state index contributed by atoms with van der Waals surface area (Å²) in [5, 5.41) is 13.7. The molecule has 3 heterocycles. The Hall–Kier alpha value is -2.09. The molecule has 0 bridgehead atoms. The number of nitrogen functional groups attached to an aromatic ring is 1. The molecule has 0 spiro atoms. The average molecular weight is 348 g/mol. The van der Waals surface area contributed by atoms with Crippen molar-refractivity contribution < 1.29 is 9.52 Å². The number of nitrogens with one attached hydrogen (secondary N) is 1. The van der Waals surface area contributed by atoms with Gasteiger partial charge in [-0.05, 0) is 24.6 Å². The first kappa shape index (κ1) is 15.4. The quantitative estimate of drug-likeness (QED) is 0.661. The molecule has 4 rings (SSSR count). The number of hydrogen-bond acceptors (Lipinski definition) is 7. The van der Waals surface area contributed by atoms with E-state index in [2.05, 4.69) is 20.2 Å². The fraction of sp³-hybridized carbons (Fsp3) is 0.375. The van der Waals surface area contributed by atoms with Crippen LogP contribution in [0.25, 0.3) is 22.1 Å². The van der Waals surface area contributed by atoms with Gasteiger partial charge >= 0.3 is 0 Å². The molecule has 8 heteroatoms. The maximum atomic E-state index is 8.95. The van der Waals surface area contributed by atoms with Crippen molar-refractivity contribution in [1.29, 1.82) is 0 Å². The average Bonchev–Trinajstić information content (AvgIpc) is 3.17. The maximum absolute atomic E-state index is 8.95. The monoisotopic (exact) mass is 347 g/mol. The van der Waals surface area contributed by atoms with Crippen molar-refractivity contribution in [2.45, 2.75) is 12.5 Å². The summed E-state index contributed by atoms with van der Waals surface area (Å²) < 4.78 is 5.98. The van der Waals surface area contributed by atoms with Crippen LogP contribution >= 0.6 is 11.6 Å². The van der Waals surface area contributed by atoms with Gasteiger partial charge in [0.2, 0.25) is 5.95 Å². The smallest absolute Gasteiger partial charge is 0.222 e. The third-order valence-electron chi connectivity index (χ3n) is 4.31. The van der Waals surface area contributed by atoms with Gasteiger partial charge < -0.3 is 25.5 Å². The molecule has 0 radical (unpaired) electrons. The van der Waals surface area contributed by atoms with E-state index in [0.717, 1.165) is 24.9 Å². The molecule has 1 aliphatic heterocycles. The Balaban J connectivity index is 1.77. The Kier molecular flexibility index (Phi) is 3.91. The van der Waals surface area contributed by atoms with Crippen LogP contribution in [0.5, 0.6) is 0 Å². The number of fused-ring (bicyclic) bond motifs is 3. The van der Waals surface area contributed by atoms with Gasteiger partial charge in [-0.2, -0.15) is 4.98 Å². The summed E-state index contributed by atoms with van der Waals surface area (Å²) in [6.45, 7) is 2.34. The molecule has 0 aliphatic carbocycles. The van der Waals surface area contributed by atoms with Crippen molar-refractivity contribution in [1.82, 2.24) is 15.3 Å². The van der Waals surface area contributed by atoms with Crippen LogP contribution in [-0.2, 0) is 0 Å². The topological polar surface area (TPSA) is 100 Å². The standard InChI is InChI=1S/C16H18ClN5O2/c17-9-1-2-12-11(7-9)13-14(24-12)15(21-16(18)20-13)22-5-3-10(8-22)19-4-6-23/h1-2,7,10,19,23H,3-6,8H2,(H2,18,20,21)/t10-/m1/s1. The Morgan fingerprint density at radius 2 is 2.29 bits per heavy atom. The van der Waals surface area contributed by atoms with Crippen LogP contribution in [-0.4, -0.2) is 47.4 Å². The van der Waals surface area contributed by atoms with E-state index < -0.39 is 0 Å². The molecule has 7 nitrogen and oxygen atoms in total. The minimum absolute atomic E-state index is 0.130. The highest BCUT2D eigenvalue weighted by molar-refractivity contribution is 6.31. The number of aliphatic hydroxyl groups is 1. The van der Waals surface area contributed by atoms with Gasteiger partial charge in [-0.3, -0.25) is 0 Å². The number of aromatic nitrogens is 2. The number of halogens is 1. The summed E-state index contributed by atoms with van der Waals surface area (Å²) in [4.78, 5) is 10.9. The lowest BCUT2D eigenvalue weighted by Crippen LogP contribution is -2.34.